The van der Waals surface area contributed by atoms with Crippen LogP contribution >= 0.6 is 0 Å². The Kier molecular flexibility index (Phi) is 8.78. The summed E-state index contributed by atoms with van der Waals surface area (Å²) in [4.78, 5) is 11.5. The normalized spacial score (nSPS) is 12.5. The minimum atomic E-state index is -0.173. The maximum atomic E-state index is 11.5. The van der Waals surface area contributed by atoms with Crippen LogP contribution in [-0.2, 0) is 9.53 Å². The molecule has 100 valence electrons. The number of unbranched alkanes of at least 4 members (excludes halogenated alkanes) is 2. The van der Waals surface area contributed by atoms with Crippen molar-refractivity contribution in [2.24, 2.45) is 5.92 Å². The van der Waals surface area contributed by atoms with Gasteiger partial charge >= 0.3 is 0 Å². The van der Waals surface area contributed by atoms with Gasteiger partial charge in [0.1, 0.15) is 6.23 Å². The molecule has 0 heterocycles. The fourth-order valence-corrected chi connectivity index (χ4v) is 1.35. The van der Waals surface area contributed by atoms with Crippen LogP contribution in [0.25, 0.3) is 0 Å². The van der Waals surface area contributed by atoms with E-state index >= 15 is 0 Å². The molecule has 0 aliphatic carbocycles. The molecule has 0 aliphatic rings. The first kappa shape index (κ1) is 16.2. The molecule has 0 spiro atoms. The van der Waals surface area contributed by atoms with Crippen LogP contribution in [0.5, 0.6) is 0 Å². The Balaban J connectivity index is 4.09. The molecule has 0 radical (unpaired) electrons. The van der Waals surface area contributed by atoms with E-state index < -0.39 is 0 Å². The zero-order valence-corrected chi connectivity index (χ0v) is 11.7. The van der Waals surface area contributed by atoms with Gasteiger partial charge in [-0.05, 0) is 25.7 Å². The summed E-state index contributed by atoms with van der Waals surface area (Å²) in [6.07, 6.45) is 4.12. The second-order valence-electron chi connectivity index (χ2n) is 4.97. The highest BCUT2D eigenvalue weighted by atomic mass is 16.5. The van der Waals surface area contributed by atoms with E-state index in [1.807, 2.05) is 0 Å². The van der Waals surface area contributed by atoms with Gasteiger partial charge in [0, 0.05) is 5.57 Å². The maximum Gasteiger partial charge on any atom is 0.248 e. The third-order valence-electron chi connectivity index (χ3n) is 2.38. The number of carbonyl (C=O) groups excluding carboxylic acids is 1. The summed E-state index contributed by atoms with van der Waals surface area (Å²) in [5.41, 5.74) is 0.527. The van der Waals surface area contributed by atoms with E-state index in [1.54, 1.807) is 6.92 Å². The molecule has 3 heteroatoms. The van der Waals surface area contributed by atoms with Gasteiger partial charge in [0.05, 0.1) is 6.61 Å². The summed E-state index contributed by atoms with van der Waals surface area (Å²) in [6.45, 7) is 12.4. The summed E-state index contributed by atoms with van der Waals surface area (Å²) < 4.78 is 5.70. The van der Waals surface area contributed by atoms with Crippen molar-refractivity contribution < 1.29 is 9.53 Å². The molecule has 0 aromatic rings. The van der Waals surface area contributed by atoms with Crippen molar-refractivity contribution in [1.82, 2.24) is 5.32 Å². The van der Waals surface area contributed by atoms with Gasteiger partial charge in [0.25, 0.3) is 0 Å². The SMILES string of the molecule is C=C(C)C(=O)NC(CCCCC)OCC(C)C. The van der Waals surface area contributed by atoms with E-state index in [9.17, 15) is 4.79 Å². The van der Waals surface area contributed by atoms with Crippen LogP contribution in [0, 0.1) is 5.92 Å². The molecular formula is C14H27NO2. The highest BCUT2D eigenvalue weighted by molar-refractivity contribution is 5.92. The molecule has 0 saturated heterocycles. The van der Waals surface area contributed by atoms with E-state index in [0.29, 0.717) is 18.1 Å². The maximum absolute atomic E-state index is 11.5. The lowest BCUT2D eigenvalue weighted by molar-refractivity contribution is -0.122. The third kappa shape index (κ3) is 8.93. The first-order chi connectivity index (χ1) is 7.97. The van der Waals surface area contributed by atoms with Crippen LogP contribution in [0.4, 0.5) is 0 Å². The highest BCUT2D eigenvalue weighted by Crippen LogP contribution is 2.07. The number of ether oxygens (including phenoxy) is 1. The smallest absolute Gasteiger partial charge is 0.248 e. The van der Waals surface area contributed by atoms with Crippen LogP contribution in [-0.4, -0.2) is 18.7 Å². The quantitative estimate of drug-likeness (QED) is 0.382. The van der Waals surface area contributed by atoms with E-state index in [-0.39, 0.29) is 12.1 Å². The van der Waals surface area contributed by atoms with Crippen molar-refractivity contribution in [2.45, 2.75) is 59.6 Å². The lowest BCUT2D eigenvalue weighted by Gasteiger charge is -2.20. The second-order valence-corrected chi connectivity index (χ2v) is 4.97. The van der Waals surface area contributed by atoms with Crippen LogP contribution < -0.4 is 5.32 Å². The molecule has 3 nitrogen and oxygen atoms in total. The molecule has 0 bridgehead atoms. The molecule has 1 amide bonds. The van der Waals surface area contributed by atoms with Gasteiger partial charge in [-0.3, -0.25) is 4.79 Å². The average molecular weight is 241 g/mol. The van der Waals surface area contributed by atoms with Gasteiger partial charge in [-0.2, -0.15) is 0 Å². The van der Waals surface area contributed by atoms with Crippen LogP contribution in [0.2, 0.25) is 0 Å². The largest absolute Gasteiger partial charge is 0.358 e. The average Bonchev–Trinajstić information content (AvgIpc) is 2.25. The molecule has 0 fully saturated rings. The number of hydrogen-bond acceptors (Lipinski definition) is 2. The van der Waals surface area contributed by atoms with Crippen LogP contribution in [0.1, 0.15) is 53.4 Å². The number of carbonyl (C=O) groups is 1. The summed E-state index contributed by atoms with van der Waals surface area (Å²) in [5, 5.41) is 2.87. The molecule has 0 aromatic heterocycles. The van der Waals surface area contributed by atoms with E-state index in [0.717, 1.165) is 12.8 Å². The first-order valence-electron chi connectivity index (χ1n) is 6.55. The summed E-state index contributed by atoms with van der Waals surface area (Å²) in [6, 6.07) is 0. The Bertz CT molecular complexity index is 236. The van der Waals surface area contributed by atoms with Gasteiger partial charge in [-0.15, -0.1) is 0 Å². The van der Waals surface area contributed by atoms with E-state index in [1.165, 1.54) is 12.8 Å². The van der Waals surface area contributed by atoms with Crippen molar-refractivity contribution in [3.63, 3.8) is 0 Å². The van der Waals surface area contributed by atoms with Crippen LogP contribution in [0.3, 0.4) is 0 Å². The molecule has 1 atom stereocenters. The molecule has 1 N–H and O–H groups in total. The lowest BCUT2D eigenvalue weighted by Crippen LogP contribution is -2.38. The molecule has 0 aliphatic heterocycles. The Hall–Kier alpha value is -0.830. The van der Waals surface area contributed by atoms with Gasteiger partial charge in [0.15, 0.2) is 0 Å². The predicted molar refractivity (Wildman–Crippen MR) is 71.7 cm³/mol. The molecule has 17 heavy (non-hydrogen) atoms. The third-order valence-corrected chi connectivity index (χ3v) is 2.38. The summed E-state index contributed by atoms with van der Waals surface area (Å²) >= 11 is 0. The number of nitrogens with one attached hydrogen (secondary N) is 1. The van der Waals surface area contributed by atoms with E-state index in [2.05, 4.69) is 32.7 Å². The van der Waals surface area contributed by atoms with E-state index in [4.69, 9.17) is 4.74 Å². The number of hydrogen-bond donors (Lipinski definition) is 1. The van der Waals surface area contributed by atoms with Crippen molar-refractivity contribution in [3.8, 4) is 0 Å². The van der Waals surface area contributed by atoms with Crippen LogP contribution in [0.15, 0.2) is 12.2 Å². The van der Waals surface area contributed by atoms with Crippen molar-refractivity contribution in [1.29, 1.82) is 0 Å². The van der Waals surface area contributed by atoms with Gasteiger partial charge in [0.2, 0.25) is 5.91 Å². The molecule has 1 unspecified atom stereocenters. The Morgan fingerprint density at radius 2 is 2.00 bits per heavy atom. The molecular weight excluding hydrogens is 214 g/mol. The molecule has 0 saturated carbocycles. The van der Waals surface area contributed by atoms with Crippen molar-refractivity contribution in [2.75, 3.05) is 6.61 Å². The zero-order valence-electron chi connectivity index (χ0n) is 11.7. The Morgan fingerprint density at radius 3 is 2.47 bits per heavy atom. The highest BCUT2D eigenvalue weighted by Gasteiger charge is 2.13. The standard InChI is InChI=1S/C14H27NO2/c1-6-7-8-9-13(17-10-11(2)3)15-14(16)12(4)5/h11,13H,4,6-10H2,1-3,5H3,(H,15,16). The molecule has 0 aromatic carbocycles. The molecule has 0 rings (SSSR count). The fraction of sp³-hybridized carbons (Fsp3) is 0.786. The topological polar surface area (TPSA) is 38.3 Å². The Morgan fingerprint density at radius 1 is 1.35 bits per heavy atom. The van der Waals surface area contributed by atoms with Gasteiger partial charge in [-0.25, -0.2) is 0 Å². The number of amides is 1. The summed E-state index contributed by atoms with van der Waals surface area (Å²) in [5.74, 6) is 0.362. The lowest BCUT2D eigenvalue weighted by atomic mass is 10.2. The first-order valence-corrected chi connectivity index (χ1v) is 6.55. The summed E-state index contributed by atoms with van der Waals surface area (Å²) in [7, 11) is 0. The minimum absolute atomic E-state index is 0.116. The van der Waals surface area contributed by atoms with Gasteiger partial charge in [-0.1, -0.05) is 40.2 Å². The number of rotatable bonds is 9. The minimum Gasteiger partial charge on any atom is -0.358 e. The Labute approximate surface area is 106 Å². The second kappa shape index (κ2) is 9.23. The monoisotopic (exact) mass is 241 g/mol. The van der Waals surface area contributed by atoms with Gasteiger partial charge < -0.3 is 10.1 Å². The van der Waals surface area contributed by atoms with Crippen molar-refractivity contribution in [3.05, 3.63) is 12.2 Å². The zero-order chi connectivity index (χ0) is 13.3. The van der Waals surface area contributed by atoms with Crippen molar-refractivity contribution >= 4 is 5.91 Å². The fourth-order valence-electron chi connectivity index (χ4n) is 1.35. The predicted octanol–water partition coefficient (Wildman–Crippen LogP) is 3.26.